The molecule has 3 rings (SSSR count). The van der Waals surface area contributed by atoms with E-state index in [1.807, 2.05) is 25.1 Å². The van der Waals surface area contributed by atoms with Gasteiger partial charge in [0, 0.05) is 25.6 Å². The number of para-hydroxylation sites is 1. The number of carbonyl (C=O) groups excluding carboxylic acids is 1. The monoisotopic (exact) mass is 359 g/mol. The zero-order valence-corrected chi connectivity index (χ0v) is 15.5. The number of nitrogens with one attached hydrogen (secondary N) is 2. The maximum atomic E-state index is 12.4. The van der Waals surface area contributed by atoms with Gasteiger partial charge in [0.05, 0.1) is 5.94 Å². The van der Waals surface area contributed by atoms with E-state index >= 15 is 0 Å². The third kappa shape index (κ3) is 4.78. The van der Waals surface area contributed by atoms with Gasteiger partial charge in [-0.15, -0.1) is 0 Å². The van der Waals surface area contributed by atoms with Crippen molar-refractivity contribution in [3.05, 3.63) is 29.3 Å². The van der Waals surface area contributed by atoms with Crippen molar-refractivity contribution in [1.82, 2.24) is 10.6 Å². The van der Waals surface area contributed by atoms with Crippen molar-refractivity contribution in [3.8, 4) is 5.75 Å². The minimum Gasteiger partial charge on any atom is -0.534 e. The van der Waals surface area contributed by atoms with E-state index in [1.165, 1.54) is 0 Å². The fourth-order valence-corrected chi connectivity index (χ4v) is 4.09. The highest BCUT2D eigenvalue weighted by Crippen LogP contribution is 2.30. The van der Waals surface area contributed by atoms with Crippen molar-refractivity contribution >= 4 is 13.0 Å². The first-order valence-corrected chi connectivity index (χ1v) is 9.73. The van der Waals surface area contributed by atoms with Crippen LogP contribution in [0.1, 0.15) is 43.2 Å². The quantitative estimate of drug-likeness (QED) is 0.567. The van der Waals surface area contributed by atoms with Crippen LogP contribution in [-0.4, -0.2) is 43.1 Å². The molecule has 1 atom stereocenters. The van der Waals surface area contributed by atoms with Crippen molar-refractivity contribution in [1.29, 1.82) is 0 Å². The zero-order chi connectivity index (χ0) is 18.5. The van der Waals surface area contributed by atoms with E-state index in [1.54, 1.807) is 0 Å². The maximum absolute atomic E-state index is 12.4. The molecule has 7 heteroatoms. The number of fused-ring (bicyclic) bond motifs is 1. The molecule has 26 heavy (non-hydrogen) atoms. The Labute approximate surface area is 156 Å². The molecule has 0 saturated heterocycles. The van der Waals surface area contributed by atoms with Gasteiger partial charge in [-0.25, -0.2) is 0 Å². The number of carbonyl (C=O) groups is 1. The van der Waals surface area contributed by atoms with Crippen LogP contribution in [0.4, 0.5) is 0 Å². The van der Waals surface area contributed by atoms with Crippen LogP contribution < -0.4 is 21.0 Å². The molecule has 2 aliphatic rings. The molecule has 0 aromatic heterocycles. The molecule has 1 amide bonds. The molecule has 1 heterocycles. The molecule has 6 nitrogen and oxygen atoms in total. The van der Waals surface area contributed by atoms with Crippen LogP contribution in [0.15, 0.2) is 18.2 Å². The number of rotatable bonds is 6. The predicted molar refractivity (Wildman–Crippen MR) is 103 cm³/mol. The van der Waals surface area contributed by atoms with E-state index in [9.17, 15) is 9.82 Å². The first kappa shape index (κ1) is 19.2. The van der Waals surface area contributed by atoms with Crippen LogP contribution in [0, 0.1) is 12.8 Å². The lowest BCUT2D eigenvalue weighted by Crippen LogP contribution is -2.53. The van der Waals surface area contributed by atoms with Crippen molar-refractivity contribution in [2.24, 2.45) is 11.7 Å². The number of hydrogen-bond acceptors (Lipinski definition) is 5. The summed E-state index contributed by atoms with van der Waals surface area (Å²) in [6.07, 6.45) is 5.43. The Morgan fingerprint density at radius 3 is 2.85 bits per heavy atom. The minimum atomic E-state index is -0.997. The largest absolute Gasteiger partial charge is 0.547 e. The Kier molecular flexibility index (Phi) is 6.56. The Morgan fingerprint density at radius 1 is 1.35 bits per heavy atom. The third-order valence-electron chi connectivity index (χ3n) is 5.56. The van der Waals surface area contributed by atoms with Crippen molar-refractivity contribution in [2.75, 3.05) is 13.1 Å². The van der Waals surface area contributed by atoms with Gasteiger partial charge in [-0.2, -0.15) is 0 Å². The highest BCUT2D eigenvalue weighted by molar-refractivity contribution is 6.46. The van der Waals surface area contributed by atoms with Gasteiger partial charge in [0.2, 0.25) is 5.91 Å². The summed E-state index contributed by atoms with van der Waals surface area (Å²) in [5.41, 5.74) is 7.57. The summed E-state index contributed by atoms with van der Waals surface area (Å²) in [5, 5.41) is 16.7. The van der Waals surface area contributed by atoms with Crippen LogP contribution in [-0.2, 0) is 11.2 Å². The second-order valence-electron chi connectivity index (χ2n) is 7.61. The molecule has 1 aliphatic carbocycles. The first-order valence-electron chi connectivity index (χ1n) is 9.73. The lowest BCUT2D eigenvalue weighted by molar-refractivity contribution is -0.122. The summed E-state index contributed by atoms with van der Waals surface area (Å²) >= 11 is 0. The van der Waals surface area contributed by atoms with E-state index in [4.69, 9.17) is 10.4 Å². The van der Waals surface area contributed by atoms with Crippen molar-refractivity contribution < 1.29 is 14.5 Å². The minimum absolute atomic E-state index is 0.00659. The van der Waals surface area contributed by atoms with Gasteiger partial charge in [-0.3, -0.25) is 4.79 Å². The third-order valence-corrected chi connectivity index (χ3v) is 5.56. The van der Waals surface area contributed by atoms with Crippen LogP contribution in [0.2, 0.25) is 0 Å². The smallest absolute Gasteiger partial charge is 0.534 e. The summed E-state index contributed by atoms with van der Waals surface area (Å²) in [7, 11) is -0.997. The molecular weight excluding hydrogens is 329 g/mol. The van der Waals surface area contributed by atoms with Gasteiger partial charge >= 0.3 is 7.12 Å². The zero-order valence-electron chi connectivity index (χ0n) is 15.5. The van der Waals surface area contributed by atoms with Gasteiger partial charge in [0.15, 0.2) is 0 Å². The van der Waals surface area contributed by atoms with E-state index in [2.05, 4.69) is 10.6 Å². The first-order chi connectivity index (χ1) is 12.6. The lowest BCUT2D eigenvalue weighted by Gasteiger charge is -2.31. The van der Waals surface area contributed by atoms with E-state index in [-0.39, 0.29) is 11.8 Å². The number of hydrogen-bond donors (Lipinski definition) is 4. The van der Waals surface area contributed by atoms with Gasteiger partial charge in [0.25, 0.3) is 0 Å². The summed E-state index contributed by atoms with van der Waals surface area (Å²) < 4.78 is 5.64. The number of benzene rings is 1. The van der Waals surface area contributed by atoms with Crippen LogP contribution in [0.5, 0.6) is 5.75 Å². The van der Waals surface area contributed by atoms with Crippen LogP contribution in [0.25, 0.3) is 0 Å². The normalized spacial score (nSPS) is 25.3. The highest BCUT2D eigenvalue weighted by Gasteiger charge is 2.36. The van der Waals surface area contributed by atoms with Gasteiger partial charge in [-0.05, 0) is 56.1 Å². The molecule has 1 fully saturated rings. The highest BCUT2D eigenvalue weighted by atomic mass is 16.5. The molecule has 1 saturated carbocycles. The van der Waals surface area contributed by atoms with Gasteiger partial charge < -0.3 is 26.0 Å². The molecule has 0 unspecified atom stereocenters. The average molecular weight is 359 g/mol. The summed E-state index contributed by atoms with van der Waals surface area (Å²) in [5.74, 6) is 0.780. The van der Waals surface area contributed by atoms with Crippen molar-refractivity contribution in [2.45, 2.75) is 57.4 Å². The van der Waals surface area contributed by atoms with Crippen LogP contribution >= 0.6 is 0 Å². The number of aryl methyl sites for hydroxylation is 1. The fraction of sp³-hybridized carbons (Fsp3) is 0.632. The van der Waals surface area contributed by atoms with Crippen molar-refractivity contribution in [3.63, 3.8) is 0 Å². The molecule has 1 aromatic carbocycles. The average Bonchev–Trinajstić information content (AvgIpc) is 2.63. The van der Waals surface area contributed by atoms with Gasteiger partial charge in [0.1, 0.15) is 5.75 Å². The molecule has 5 N–H and O–H groups in total. The van der Waals surface area contributed by atoms with Crippen LogP contribution in [0.3, 0.4) is 0 Å². The van der Waals surface area contributed by atoms with Gasteiger partial charge in [-0.1, -0.05) is 18.2 Å². The summed E-state index contributed by atoms with van der Waals surface area (Å²) in [4.78, 5) is 12.4. The van der Waals surface area contributed by atoms with E-state index in [0.29, 0.717) is 31.3 Å². The lowest BCUT2D eigenvalue weighted by atomic mass is 9.72. The van der Waals surface area contributed by atoms with E-state index < -0.39 is 7.12 Å². The number of nitrogens with two attached hydrogens (primary N) is 1. The Morgan fingerprint density at radius 2 is 2.12 bits per heavy atom. The summed E-state index contributed by atoms with van der Waals surface area (Å²) in [6.45, 7) is 3.48. The summed E-state index contributed by atoms with van der Waals surface area (Å²) in [6, 6.07) is 6.46. The topological polar surface area (TPSA) is 96.6 Å². The Hall–Kier alpha value is -1.57. The standard InChI is InChI=1S/C19H30BN3O3/c1-13-3-2-4-15-12-17(20(25)26-19(13)15)23-18(24)11-14-5-7-16(8-6-14)22-10-9-21/h2-4,14,16-17,22,25H,5-12,21H2,1H3,(H,23,24)/t14-,16-,17-/m0/s1. The molecule has 0 radical (unpaired) electrons. The number of amides is 1. The second kappa shape index (κ2) is 8.89. The molecule has 1 aromatic rings. The molecule has 1 aliphatic heterocycles. The molecular formula is C19H30BN3O3. The predicted octanol–water partition coefficient (Wildman–Crippen LogP) is 0.932. The Balaban J connectivity index is 1.47. The maximum Gasteiger partial charge on any atom is 0.547 e. The molecule has 0 bridgehead atoms. The second-order valence-corrected chi connectivity index (χ2v) is 7.61. The van der Waals surface area contributed by atoms with E-state index in [0.717, 1.165) is 49.1 Å². The fourth-order valence-electron chi connectivity index (χ4n) is 4.09. The Bertz CT molecular complexity index is 620. The molecule has 142 valence electrons. The SMILES string of the molecule is Cc1cccc2c1OB(O)[C@@H](NC(=O)C[C@H]1CC[C@H](NCCN)CC1)C2. The molecule has 0 spiro atoms.